The van der Waals surface area contributed by atoms with Gasteiger partial charge in [0.05, 0.1) is 0 Å². The zero-order valence-corrected chi connectivity index (χ0v) is 17.2. The Kier molecular flexibility index (Phi) is 19.1. The number of hydrogen-bond donors (Lipinski definition) is 0. The van der Waals surface area contributed by atoms with Crippen molar-refractivity contribution in [2.24, 2.45) is 0 Å². The molecule has 1 rings (SSSR count). The van der Waals surface area contributed by atoms with Crippen LogP contribution < -0.4 is 0 Å². The standard InChI is InChI=1S/C20H40N2.C2H4O/c1-3-5-7-9-11-15-21(16-12-10-8-6-4-2)19-20-22-17-13-14-18-22;1-2-3/h3H,1,4-20H2,2H3;2H,1H3. The van der Waals surface area contributed by atoms with E-state index in [0.717, 1.165) is 6.29 Å². The molecule has 0 aliphatic carbocycles. The first-order valence-corrected chi connectivity index (χ1v) is 10.7. The molecule has 0 aromatic carbocycles. The zero-order chi connectivity index (χ0) is 18.6. The topological polar surface area (TPSA) is 23.6 Å². The van der Waals surface area contributed by atoms with E-state index in [9.17, 15) is 0 Å². The van der Waals surface area contributed by atoms with Gasteiger partial charge in [-0.3, -0.25) is 0 Å². The first-order valence-electron chi connectivity index (χ1n) is 10.7. The highest BCUT2D eigenvalue weighted by molar-refractivity contribution is 5.44. The molecule has 1 aliphatic heterocycles. The summed E-state index contributed by atoms with van der Waals surface area (Å²) in [7, 11) is 0. The fraction of sp³-hybridized carbons (Fsp3) is 0.864. The second kappa shape index (κ2) is 19.7. The van der Waals surface area contributed by atoms with Crippen LogP contribution in [0.2, 0.25) is 0 Å². The molecule has 0 amide bonds. The van der Waals surface area contributed by atoms with E-state index in [1.807, 2.05) is 0 Å². The van der Waals surface area contributed by atoms with Gasteiger partial charge < -0.3 is 14.6 Å². The quantitative estimate of drug-likeness (QED) is 0.227. The zero-order valence-electron chi connectivity index (χ0n) is 17.2. The first-order chi connectivity index (χ1) is 12.3. The second-order valence-electron chi connectivity index (χ2n) is 7.18. The summed E-state index contributed by atoms with van der Waals surface area (Å²) in [4.78, 5) is 14.2. The van der Waals surface area contributed by atoms with E-state index < -0.39 is 0 Å². The van der Waals surface area contributed by atoms with Gasteiger partial charge in [0.25, 0.3) is 0 Å². The number of unbranched alkanes of at least 4 members (excludes halogenated alkanes) is 7. The lowest BCUT2D eigenvalue weighted by Crippen LogP contribution is -2.35. The van der Waals surface area contributed by atoms with Gasteiger partial charge in [-0.1, -0.05) is 45.1 Å². The minimum atomic E-state index is 0.750. The molecule has 1 fully saturated rings. The molecular weight excluding hydrogens is 308 g/mol. The van der Waals surface area contributed by atoms with Crippen molar-refractivity contribution in [2.45, 2.75) is 84.5 Å². The Hall–Kier alpha value is -0.670. The van der Waals surface area contributed by atoms with Gasteiger partial charge in [0, 0.05) is 13.1 Å². The molecule has 148 valence electrons. The minimum Gasteiger partial charge on any atom is -0.304 e. The normalized spacial score (nSPS) is 14.4. The lowest BCUT2D eigenvalue weighted by molar-refractivity contribution is -0.106. The van der Waals surface area contributed by atoms with Crippen LogP contribution in [0.5, 0.6) is 0 Å². The van der Waals surface area contributed by atoms with E-state index >= 15 is 0 Å². The lowest BCUT2D eigenvalue weighted by Gasteiger charge is -2.25. The Bertz CT molecular complexity index is 288. The predicted octanol–water partition coefficient (Wildman–Crippen LogP) is 5.31. The smallest absolute Gasteiger partial charge is 0.116 e. The third-order valence-electron chi connectivity index (χ3n) is 4.89. The van der Waals surface area contributed by atoms with Crippen molar-refractivity contribution in [2.75, 3.05) is 39.3 Å². The van der Waals surface area contributed by atoms with Crippen LogP contribution in [0.15, 0.2) is 12.7 Å². The minimum absolute atomic E-state index is 0.750. The summed E-state index contributed by atoms with van der Waals surface area (Å²) in [5, 5.41) is 0. The van der Waals surface area contributed by atoms with Crippen molar-refractivity contribution in [3.63, 3.8) is 0 Å². The van der Waals surface area contributed by atoms with E-state index in [2.05, 4.69) is 29.4 Å². The maximum atomic E-state index is 8.81. The average Bonchev–Trinajstić information content (AvgIpc) is 3.12. The molecule has 0 bridgehead atoms. The highest BCUT2D eigenvalue weighted by atomic mass is 16.1. The first kappa shape index (κ1) is 24.3. The molecular formula is C22H44N2O. The summed E-state index contributed by atoms with van der Waals surface area (Å²) in [5.74, 6) is 0. The number of carbonyl (C=O) groups excluding carboxylic acids is 1. The SMILES string of the molecule is C=CCCCCCN(CCCCCCC)CCN1CCCC1.CC=O. The monoisotopic (exact) mass is 352 g/mol. The van der Waals surface area contributed by atoms with E-state index in [1.54, 1.807) is 0 Å². The van der Waals surface area contributed by atoms with Gasteiger partial charge in [-0.15, -0.1) is 6.58 Å². The van der Waals surface area contributed by atoms with Crippen LogP contribution in [0.4, 0.5) is 0 Å². The fourth-order valence-corrected chi connectivity index (χ4v) is 3.36. The summed E-state index contributed by atoms with van der Waals surface area (Å²) in [5.41, 5.74) is 0. The molecule has 0 saturated carbocycles. The van der Waals surface area contributed by atoms with E-state index in [-0.39, 0.29) is 0 Å². The molecule has 3 nitrogen and oxygen atoms in total. The molecule has 3 heteroatoms. The molecule has 0 spiro atoms. The van der Waals surface area contributed by atoms with Crippen molar-refractivity contribution >= 4 is 6.29 Å². The summed E-state index contributed by atoms with van der Waals surface area (Å²) in [6, 6.07) is 0. The number of aldehydes is 1. The summed E-state index contributed by atoms with van der Waals surface area (Å²) >= 11 is 0. The van der Waals surface area contributed by atoms with E-state index in [1.165, 1.54) is 117 Å². The Balaban J connectivity index is 0.00000178. The molecule has 25 heavy (non-hydrogen) atoms. The third kappa shape index (κ3) is 16.5. The van der Waals surface area contributed by atoms with Crippen LogP contribution in [0.1, 0.15) is 84.5 Å². The average molecular weight is 353 g/mol. The highest BCUT2D eigenvalue weighted by Gasteiger charge is 2.13. The number of rotatable bonds is 15. The molecule has 0 atom stereocenters. The van der Waals surface area contributed by atoms with E-state index in [4.69, 9.17) is 4.79 Å². The van der Waals surface area contributed by atoms with Crippen molar-refractivity contribution in [1.29, 1.82) is 0 Å². The van der Waals surface area contributed by atoms with Crippen LogP contribution >= 0.6 is 0 Å². The fourth-order valence-electron chi connectivity index (χ4n) is 3.36. The Morgan fingerprint density at radius 1 is 0.920 bits per heavy atom. The second-order valence-corrected chi connectivity index (χ2v) is 7.18. The van der Waals surface area contributed by atoms with Crippen molar-refractivity contribution in [3.8, 4) is 0 Å². The predicted molar refractivity (Wildman–Crippen MR) is 111 cm³/mol. The molecule has 0 radical (unpaired) electrons. The van der Waals surface area contributed by atoms with Gasteiger partial charge in [0.2, 0.25) is 0 Å². The molecule has 0 aromatic rings. The van der Waals surface area contributed by atoms with Crippen molar-refractivity contribution < 1.29 is 4.79 Å². The molecule has 0 unspecified atom stereocenters. The maximum Gasteiger partial charge on any atom is 0.116 e. The van der Waals surface area contributed by atoms with Gasteiger partial charge in [0.1, 0.15) is 6.29 Å². The summed E-state index contributed by atoms with van der Waals surface area (Å²) in [6.07, 6.45) is 17.9. The number of hydrogen-bond acceptors (Lipinski definition) is 3. The van der Waals surface area contributed by atoms with E-state index in [0.29, 0.717) is 0 Å². The van der Waals surface area contributed by atoms with Crippen LogP contribution in [0.3, 0.4) is 0 Å². The lowest BCUT2D eigenvalue weighted by atomic mass is 10.1. The Labute approximate surface area is 157 Å². The maximum absolute atomic E-state index is 8.81. The van der Waals surface area contributed by atoms with Gasteiger partial charge in [-0.2, -0.15) is 0 Å². The Morgan fingerprint density at radius 2 is 1.48 bits per heavy atom. The molecule has 0 N–H and O–H groups in total. The van der Waals surface area contributed by atoms with Crippen LogP contribution in [0, 0.1) is 0 Å². The highest BCUT2D eigenvalue weighted by Crippen LogP contribution is 2.09. The number of nitrogens with zero attached hydrogens (tertiary/aromatic N) is 2. The molecule has 1 saturated heterocycles. The Morgan fingerprint density at radius 3 is 2.04 bits per heavy atom. The van der Waals surface area contributed by atoms with Gasteiger partial charge in [-0.25, -0.2) is 0 Å². The van der Waals surface area contributed by atoms with Gasteiger partial charge in [0.15, 0.2) is 0 Å². The molecule has 1 heterocycles. The van der Waals surface area contributed by atoms with Crippen LogP contribution in [0.25, 0.3) is 0 Å². The van der Waals surface area contributed by atoms with Crippen LogP contribution in [-0.2, 0) is 4.79 Å². The van der Waals surface area contributed by atoms with Crippen LogP contribution in [-0.4, -0.2) is 55.4 Å². The third-order valence-corrected chi connectivity index (χ3v) is 4.89. The molecule has 1 aliphatic rings. The van der Waals surface area contributed by atoms with Crippen molar-refractivity contribution in [3.05, 3.63) is 12.7 Å². The van der Waals surface area contributed by atoms with Gasteiger partial charge >= 0.3 is 0 Å². The molecule has 0 aromatic heterocycles. The summed E-state index contributed by atoms with van der Waals surface area (Å²) < 4.78 is 0. The number of allylic oxidation sites excluding steroid dienone is 1. The number of likely N-dealkylation sites (tertiary alicyclic amines) is 1. The van der Waals surface area contributed by atoms with Crippen molar-refractivity contribution in [1.82, 2.24) is 9.80 Å². The van der Waals surface area contributed by atoms with Gasteiger partial charge in [-0.05, 0) is 71.6 Å². The largest absolute Gasteiger partial charge is 0.304 e. The summed E-state index contributed by atoms with van der Waals surface area (Å²) in [6.45, 7) is 15.4. The number of carbonyl (C=O) groups is 1.